The van der Waals surface area contributed by atoms with Crippen LogP contribution in [0.25, 0.3) is 0 Å². The number of hydrogen-bond acceptors (Lipinski definition) is 4. The fourth-order valence-electron chi connectivity index (χ4n) is 7.24. The van der Waals surface area contributed by atoms with Gasteiger partial charge in [-0.15, -0.1) is 0 Å². The van der Waals surface area contributed by atoms with Gasteiger partial charge in [-0.3, -0.25) is 14.4 Å². The number of ether oxygens (including phenoxy) is 1. The lowest BCUT2D eigenvalue weighted by atomic mass is 9.73. The van der Waals surface area contributed by atoms with Crippen LogP contribution < -0.4 is 10.6 Å². The van der Waals surface area contributed by atoms with Crippen LogP contribution in [-0.2, 0) is 25.7 Å². The van der Waals surface area contributed by atoms with Crippen LogP contribution in [0.5, 0.6) is 0 Å². The van der Waals surface area contributed by atoms with Gasteiger partial charge in [0.05, 0.1) is 17.9 Å². The molecule has 8 atom stereocenters. The van der Waals surface area contributed by atoms with Gasteiger partial charge in [0.1, 0.15) is 11.6 Å². The Morgan fingerprint density at radius 1 is 1.10 bits per heavy atom. The summed E-state index contributed by atoms with van der Waals surface area (Å²) >= 11 is 6.50. The number of anilines is 1. The summed E-state index contributed by atoms with van der Waals surface area (Å²) in [6.07, 6.45) is 6.21. The fraction of sp³-hybridized carbons (Fsp3) is 0.469. The van der Waals surface area contributed by atoms with Gasteiger partial charge in [-0.2, -0.15) is 0 Å². The number of rotatable bonds is 6. The summed E-state index contributed by atoms with van der Waals surface area (Å²) in [5, 5.41) is 6.80. The summed E-state index contributed by atoms with van der Waals surface area (Å²) < 4.78 is 6.49. The number of nitrogens with zero attached hydrogens (tertiary/aromatic N) is 1. The number of aryl methyl sites for hydroxylation is 1. The highest BCUT2D eigenvalue weighted by Gasteiger charge is 2.72. The number of carbonyl (C=O) groups is 3. The molecule has 3 aliphatic heterocycles. The zero-order chi connectivity index (χ0) is 28.2. The predicted octanol–water partition coefficient (Wildman–Crippen LogP) is 4.88. The number of fused-ring (bicyclic) bond motifs is 1. The van der Waals surface area contributed by atoms with Crippen molar-refractivity contribution in [2.24, 2.45) is 23.7 Å². The number of benzene rings is 2. The quantitative estimate of drug-likeness (QED) is 0.492. The van der Waals surface area contributed by atoms with Gasteiger partial charge in [-0.05, 0) is 54.5 Å². The minimum atomic E-state index is -1.22. The molecule has 6 unspecified atom stereocenters. The van der Waals surface area contributed by atoms with Gasteiger partial charge >= 0.3 is 0 Å². The summed E-state index contributed by atoms with van der Waals surface area (Å²) in [5.41, 5.74) is 1.21. The Morgan fingerprint density at radius 2 is 1.90 bits per heavy atom. The van der Waals surface area contributed by atoms with E-state index in [2.05, 4.69) is 24.5 Å². The Balaban J connectivity index is 1.34. The van der Waals surface area contributed by atoms with Crippen molar-refractivity contribution in [2.75, 3.05) is 5.32 Å². The molecule has 6 rings (SSSR count). The topological polar surface area (TPSA) is 87.7 Å². The zero-order valence-electron chi connectivity index (χ0n) is 23.1. The second-order valence-corrected chi connectivity index (χ2v) is 12.4. The second-order valence-electron chi connectivity index (χ2n) is 12.0. The van der Waals surface area contributed by atoms with Gasteiger partial charge in [0.15, 0.2) is 0 Å². The standard InChI is InChI=1S/C32H36ClN3O4/c1-18-8-6-11-22(16-18)34-29(37)26-25-14-15-32(40-25)27(26)31(39)36(17-21-10-4-5-12-23(21)33)28(32)30(38)35-24-13-7-9-19(2)20(24)3/h4-6,8,10-12,14-16,19-20,24-28H,7,9,13,17H2,1-3H3,(H,34,37)(H,35,38)/t19?,20?,24?,25-,26?,27-,28?,32?/m0/s1. The van der Waals surface area contributed by atoms with E-state index < -0.39 is 29.6 Å². The monoisotopic (exact) mass is 561 g/mol. The predicted molar refractivity (Wildman–Crippen MR) is 153 cm³/mol. The van der Waals surface area contributed by atoms with Crippen molar-refractivity contribution >= 4 is 35.0 Å². The number of carbonyl (C=O) groups excluding carboxylic acids is 3. The van der Waals surface area contributed by atoms with Crippen LogP contribution >= 0.6 is 11.6 Å². The average Bonchev–Trinajstić information content (AvgIpc) is 3.55. The molecular formula is C32H36ClN3O4. The van der Waals surface area contributed by atoms with E-state index in [1.54, 1.807) is 11.0 Å². The van der Waals surface area contributed by atoms with Crippen molar-refractivity contribution in [1.82, 2.24) is 10.2 Å². The van der Waals surface area contributed by atoms with E-state index in [4.69, 9.17) is 16.3 Å². The molecule has 4 aliphatic rings. The van der Waals surface area contributed by atoms with Gasteiger partial charge in [0, 0.05) is 23.3 Å². The Morgan fingerprint density at radius 3 is 2.67 bits per heavy atom. The summed E-state index contributed by atoms with van der Waals surface area (Å²) in [5.74, 6) is -1.52. The summed E-state index contributed by atoms with van der Waals surface area (Å²) in [7, 11) is 0. The van der Waals surface area contributed by atoms with Crippen LogP contribution in [0.1, 0.15) is 44.2 Å². The van der Waals surface area contributed by atoms with Gasteiger partial charge < -0.3 is 20.3 Å². The zero-order valence-corrected chi connectivity index (χ0v) is 23.9. The third-order valence-electron chi connectivity index (χ3n) is 9.54. The van der Waals surface area contributed by atoms with E-state index in [-0.39, 0.29) is 30.3 Å². The summed E-state index contributed by atoms with van der Waals surface area (Å²) in [6, 6.07) is 14.0. The minimum Gasteiger partial charge on any atom is -0.359 e. The molecule has 0 radical (unpaired) electrons. The third-order valence-corrected chi connectivity index (χ3v) is 9.91. The van der Waals surface area contributed by atoms with E-state index in [0.29, 0.717) is 22.5 Å². The number of likely N-dealkylation sites (tertiary alicyclic amines) is 1. The van der Waals surface area contributed by atoms with Crippen LogP contribution in [0.15, 0.2) is 60.7 Å². The highest BCUT2D eigenvalue weighted by molar-refractivity contribution is 6.31. The molecule has 1 aliphatic carbocycles. The fourth-order valence-corrected chi connectivity index (χ4v) is 7.44. The first-order valence-corrected chi connectivity index (χ1v) is 14.7. The Kier molecular flexibility index (Phi) is 6.99. The molecule has 210 valence electrons. The Labute approximate surface area is 240 Å². The van der Waals surface area contributed by atoms with Gasteiger partial charge in [0.25, 0.3) is 0 Å². The maximum atomic E-state index is 14.2. The van der Waals surface area contributed by atoms with Gasteiger partial charge in [-0.25, -0.2) is 0 Å². The normalized spacial score (nSPS) is 34.1. The molecule has 2 N–H and O–H groups in total. The molecule has 3 fully saturated rings. The van der Waals surface area contributed by atoms with Crippen molar-refractivity contribution in [3.8, 4) is 0 Å². The van der Waals surface area contributed by atoms with E-state index in [0.717, 1.165) is 30.4 Å². The smallest absolute Gasteiger partial charge is 0.246 e. The van der Waals surface area contributed by atoms with E-state index in [9.17, 15) is 14.4 Å². The highest BCUT2D eigenvalue weighted by Crippen LogP contribution is 2.55. The lowest BCUT2D eigenvalue weighted by molar-refractivity contribution is -0.142. The van der Waals surface area contributed by atoms with Crippen molar-refractivity contribution in [2.45, 2.75) is 70.4 Å². The van der Waals surface area contributed by atoms with E-state index in [1.165, 1.54) is 0 Å². The lowest BCUT2D eigenvalue weighted by Crippen LogP contribution is -2.57. The number of halogens is 1. The van der Waals surface area contributed by atoms with Gasteiger partial charge in [0.2, 0.25) is 17.7 Å². The molecule has 1 spiro atoms. The van der Waals surface area contributed by atoms with Crippen molar-refractivity contribution < 1.29 is 19.1 Å². The molecule has 2 saturated heterocycles. The molecule has 8 heteroatoms. The van der Waals surface area contributed by atoms with Crippen molar-refractivity contribution in [3.63, 3.8) is 0 Å². The van der Waals surface area contributed by atoms with Crippen molar-refractivity contribution in [1.29, 1.82) is 0 Å². The highest BCUT2D eigenvalue weighted by atomic mass is 35.5. The molecule has 3 amide bonds. The number of hydrogen-bond donors (Lipinski definition) is 2. The van der Waals surface area contributed by atoms with Crippen LogP contribution in [0.2, 0.25) is 5.02 Å². The molecule has 1 saturated carbocycles. The molecule has 3 heterocycles. The number of nitrogens with one attached hydrogen (secondary N) is 2. The van der Waals surface area contributed by atoms with Crippen molar-refractivity contribution in [3.05, 3.63) is 76.8 Å². The molecule has 40 heavy (non-hydrogen) atoms. The largest absolute Gasteiger partial charge is 0.359 e. The van der Waals surface area contributed by atoms with Crippen LogP contribution in [0, 0.1) is 30.6 Å². The van der Waals surface area contributed by atoms with Crippen LogP contribution in [-0.4, -0.2) is 46.4 Å². The van der Waals surface area contributed by atoms with Crippen LogP contribution in [0.3, 0.4) is 0 Å². The Bertz CT molecular complexity index is 1380. The molecule has 2 aromatic carbocycles. The molecule has 2 bridgehead atoms. The maximum Gasteiger partial charge on any atom is 0.246 e. The second kappa shape index (κ2) is 10.3. The van der Waals surface area contributed by atoms with Crippen LogP contribution in [0.4, 0.5) is 5.69 Å². The van der Waals surface area contributed by atoms with Gasteiger partial charge in [-0.1, -0.05) is 80.8 Å². The lowest BCUT2D eigenvalue weighted by Gasteiger charge is -2.38. The molecule has 7 nitrogen and oxygen atoms in total. The minimum absolute atomic E-state index is 0.0203. The maximum absolute atomic E-state index is 14.2. The number of amides is 3. The van der Waals surface area contributed by atoms with E-state index >= 15 is 0 Å². The summed E-state index contributed by atoms with van der Waals surface area (Å²) in [4.78, 5) is 43.7. The molecule has 0 aromatic heterocycles. The first-order valence-electron chi connectivity index (χ1n) is 14.3. The molecular weight excluding hydrogens is 526 g/mol. The third kappa shape index (κ3) is 4.44. The first-order chi connectivity index (χ1) is 19.2. The molecule has 2 aromatic rings. The van der Waals surface area contributed by atoms with E-state index in [1.807, 2.05) is 61.5 Å². The summed E-state index contributed by atoms with van der Waals surface area (Å²) in [6.45, 7) is 6.51. The SMILES string of the molecule is Cc1cccc(NC(=O)C2[C@@H]3C=CC4(O3)C(C(=O)NC3CCCC(C)C3C)N(Cc3ccccc3Cl)C(=O)[C@H]24)c1. The Hall–Kier alpha value is -3.16. The first kappa shape index (κ1) is 27.0. The average molecular weight is 562 g/mol.